The van der Waals surface area contributed by atoms with Crippen LogP contribution in [0.5, 0.6) is 0 Å². The van der Waals surface area contributed by atoms with Crippen LogP contribution in [-0.4, -0.2) is 50.6 Å². The second-order valence-electron chi connectivity index (χ2n) is 2.64. The summed E-state index contributed by atoms with van der Waals surface area (Å²) in [6.45, 7) is 2.49. The molecule has 0 aromatic rings. The number of ether oxygens (including phenoxy) is 1. The van der Waals surface area contributed by atoms with E-state index in [4.69, 9.17) is 0 Å². The highest BCUT2D eigenvalue weighted by atomic mass is 16.5. The molecule has 0 aliphatic rings. The van der Waals surface area contributed by atoms with E-state index in [1.807, 2.05) is 6.92 Å². The van der Waals surface area contributed by atoms with E-state index in [2.05, 4.69) is 10.1 Å². The molecule has 1 N–H and O–H groups in total. The molecule has 0 saturated heterocycles. The molecule has 0 radical (unpaired) electrons. The molecule has 0 rings (SSSR count). The first kappa shape index (κ1) is 11.9. The molecule has 0 saturated carbocycles. The summed E-state index contributed by atoms with van der Waals surface area (Å²) < 4.78 is 4.64. The molecule has 5 heteroatoms. The van der Waals surface area contributed by atoms with Crippen LogP contribution < -0.4 is 5.32 Å². The van der Waals surface area contributed by atoms with E-state index in [1.165, 1.54) is 12.0 Å². The normalized spacial score (nSPS) is 9.46. The van der Waals surface area contributed by atoms with Gasteiger partial charge in [-0.1, -0.05) is 0 Å². The number of carbonyl (C=O) groups excluding carboxylic acids is 2. The Balaban J connectivity index is 3.78. The van der Waals surface area contributed by atoms with Gasteiger partial charge >= 0.3 is 0 Å². The highest BCUT2D eigenvalue weighted by Crippen LogP contribution is 1.85. The van der Waals surface area contributed by atoms with E-state index in [0.29, 0.717) is 6.54 Å². The van der Waals surface area contributed by atoms with Gasteiger partial charge in [0.15, 0.2) is 0 Å². The number of hydrogen-bond acceptors (Lipinski definition) is 3. The summed E-state index contributed by atoms with van der Waals surface area (Å²) in [4.78, 5) is 23.4. The van der Waals surface area contributed by atoms with Gasteiger partial charge in [0.2, 0.25) is 11.8 Å². The Hall–Kier alpha value is -1.10. The summed E-state index contributed by atoms with van der Waals surface area (Å²) in [6, 6.07) is 0. The van der Waals surface area contributed by atoms with Crippen molar-refractivity contribution in [2.75, 3.05) is 33.9 Å². The smallest absolute Gasteiger partial charge is 0.248 e. The van der Waals surface area contributed by atoms with E-state index < -0.39 is 0 Å². The zero-order valence-corrected chi connectivity index (χ0v) is 8.29. The lowest BCUT2D eigenvalue weighted by Crippen LogP contribution is -2.39. The number of rotatable bonds is 5. The molecule has 0 unspecified atom stereocenters. The molecular weight excluding hydrogens is 172 g/mol. The van der Waals surface area contributed by atoms with Gasteiger partial charge < -0.3 is 15.0 Å². The minimum Gasteiger partial charge on any atom is -0.375 e. The number of likely N-dealkylation sites (N-methyl/N-ethyl adjacent to an activating group) is 2. The Labute approximate surface area is 78.0 Å². The molecule has 2 amide bonds. The number of nitrogens with one attached hydrogen (secondary N) is 1. The summed E-state index contributed by atoms with van der Waals surface area (Å²) in [7, 11) is 3.01. The Bertz CT molecular complexity index is 182. The molecule has 0 aromatic heterocycles. The molecule has 13 heavy (non-hydrogen) atoms. The summed E-state index contributed by atoms with van der Waals surface area (Å²) in [5, 5.41) is 2.60. The van der Waals surface area contributed by atoms with E-state index in [9.17, 15) is 9.59 Å². The van der Waals surface area contributed by atoms with Crippen molar-refractivity contribution in [3.63, 3.8) is 0 Å². The lowest BCUT2D eigenvalue weighted by molar-refractivity contribution is -0.137. The second kappa shape index (κ2) is 6.42. The van der Waals surface area contributed by atoms with Crippen LogP contribution in [-0.2, 0) is 14.3 Å². The van der Waals surface area contributed by atoms with Crippen molar-refractivity contribution >= 4 is 11.8 Å². The topological polar surface area (TPSA) is 58.6 Å². The van der Waals surface area contributed by atoms with Crippen LogP contribution in [0.2, 0.25) is 0 Å². The van der Waals surface area contributed by atoms with Gasteiger partial charge in [-0.05, 0) is 6.92 Å². The van der Waals surface area contributed by atoms with Crippen LogP contribution in [0.4, 0.5) is 0 Å². The molecule has 76 valence electrons. The average molecular weight is 188 g/mol. The molecule has 0 aliphatic carbocycles. The third-order valence-electron chi connectivity index (χ3n) is 1.45. The second-order valence-corrected chi connectivity index (χ2v) is 2.64. The van der Waals surface area contributed by atoms with Gasteiger partial charge in [-0.2, -0.15) is 0 Å². The maximum atomic E-state index is 11.1. The maximum Gasteiger partial charge on any atom is 0.248 e. The SMILES string of the molecule is CCNC(=O)CN(C)C(=O)COC. The lowest BCUT2D eigenvalue weighted by atomic mass is 10.4. The van der Waals surface area contributed by atoms with E-state index >= 15 is 0 Å². The number of nitrogens with zero attached hydrogens (tertiary/aromatic N) is 1. The van der Waals surface area contributed by atoms with Crippen LogP contribution in [0.1, 0.15) is 6.92 Å². The molecule has 0 fully saturated rings. The van der Waals surface area contributed by atoms with Gasteiger partial charge in [-0.15, -0.1) is 0 Å². The molecule has 0 spiro atoms. The zero-order chi connectivity index (χ0) is 10.3. The van der Waals surface area contributed by atoms with E-state index in [-0.39, 0.29) is 25.0 Å². The molecule has 0 aliphatic heterocycles. The highest BCUT2D eigenvalue weighted by Gasteiger charge is 2.11. The fourth-order valence-electron chi connectivity index (χ4n) is 0.790. The minimum absolute atomic E-state index is 0.00983. The quantitative estimate of drug-likeness (QED) is 0.616. The van der Waals surface area contributed by atoms with E-state index in [0.717, 1.165) is 0 Å². The Kier molecular flexibility index (Phi) is 5.88. The largest absolute Gasteiger partial charge is 0.375 e. The minimum atomic E-state index is -0.200. The van der Waals surface area contributed by atoms with Crippen molar-refractivity contribution < 1.29 is 14.3 Å². The summed E-state index contributed by atoms with van der Waals surface area (Å²) in [6.07, 6.45) is 0. The maximum absolute atomic E-state index is 11.1. The Morgan fingerprint density at radius 2 is 2.08 bits per heavy atom. The van der Waals surface area contributed by atoms with Crippen molar-refractivity contribution in [2.24, 2.45) is 0 Å². The van der Waals surface area contributed by atoms with Gasteiger partial charge in [0.1, 0.15) is 6.61 Å². The predicted octanol–water partition coefficient (Wildman–Crippen LogP) is -0.773. The summed E-state index contributed by atoms with van der Waals surface area (Å²) in [5.41, 5.74) is 0. The summed E-state index contributed by atoms with van der Waals surface area (Å²) >= 11 is 0. The van der Waals surface area contributed by atoms with Crippen molar-refractivity contribution in [1.29, 1.82) is 0 Å². The van der Waals surface area contributed by atoms with Crippen LogP contribution in [0.25, 0.3) is 0 Å². The van der Waals surface area contributed by atoms with Crippen molar-refractivity contribution in [3.05, 3.63) is 0 Å². The monoisotopic (exact) mass is 188 g/mol. The van der Waals surface area contributed by atoms with Gasteiger partial charge in [-0.3, -0.25) is 9.59 Å². The fourth-order valence-corrected chi connectivity index (χ4v) is 0.790. The van der Waals surface area contributed by atoms with Crippen molar-refractivity contribution in [2.45, 2.75) is 6.92 Å². The standard InChI is InChI=1S/C8H16N2O3/c1-4-9-7(11)5-10(2)8(12)6-13-3/h4-6H2,1-3H3,(H,9,11). The van der Waals surface area contributed by atoms with Crippen LogP contribution in [0, 0.1) is 0 Å². The number of methoxy groups -OCH3 is 1. The third kappa shape index (κ3) is 5.19. The predicted molar refractivity (Wildman–Crippen MR) is 48.2 cm³/mol. The Morgan fingerprint density at radius 3 is 2.54 bits per heavy atom. The molecular formula is C8H16N2O3. The van der Waals surface area contributed by atoms with Crippen LogP contribution in [0.15, 0.2) is 0 Å². The zero-order valence-electron chi connectivity index (χ0n) is 8.29. The third-order valence-corrected chi connectivity index (χ3v) is 1.45. The first-order chi connectivity index (χ1) is 6.11. The number of amides is 2. The van der Waals surface area contributed by atoms with Crippen molar-refractivity contribution in [1.82, 2.24) is 10.2 Å². The van der Waals surface area contributed by atoms with Crippen LogP contribution in [0.3, 0.4) is 0 Å². The summed E-state index contributed by atoms with van der Waals surface area (Å²) in [5.74, 6) is -0.358. The molecule has 5 nitrogen and oxygen atoms in total. The first-order valence-electron chi connectivity index (χ1n) is 4.11. The first-order valence-corrected chi connectivity index (χ1v) is 4.11. The highest BCUT2D eigenvalue weighted by molar-refractivity contribution is 5.85. The number of hydrogen-bond donors (Lipinski definition) is 1. The molecule has 0 atom stereocenters. The molecule has 0 heterocycles. The Morgan fingerprint density at radius 1 is 1.46 bits per heavy atom. The average Bonchev–Trinajstić information content (AvgIpc) is 2.05. The molecule has 0 aromatic carbocycles. The van der Waals surface area contributed by atoms with Gasteiger partial charge in [0.25, 0.3) is 0 Å². The number of carbonyl (C=O) groups is 2. The van der Waals surface area contributed by atoms with Gasteiger partial charge in [0, 0.05) is 20.7 Å². The van der Waals surface area contributed by atoms with Gasteiger partial charge in [-0.25, -0.2) is 0 Å². The van der Waals surface area contributed by atoms with Crippen LogP contribution >= 0.6 is 0 Å². The fraction of sp³-hybridized carbons (Fsp3) is 0.750. The van der Waals surface area contributed by atoms with Crippen molar-refractivity contribution in [3.8, 4) is 0 Å². The van der Waals surface area contributed by atoms with Gasteiger partial charge in [0.05, 0.1) is 6.54 Å². The molecule has 0 bridgehead atoms. The lowest BCUT2D eigenvalue weighted by Gasteiger charge is -2.15. The van der Waals surface area contributed by atoms with E-state index in [1.54, 1.807) is 7.05 Å².